The van der Waals surface area contributed by atoms with Crippen molar-refractivity contribution in [2.24, 2.45) is 23.3 Å². The van der Waals surface area contributed by atoms with E-state index in [-0.39, 0.29) is 11.8 Å². The standard InChI is InChI=1S/C20H39N5O6/c1-5-12(4)16(20(30)31)25-18(28)14(10-26)23-19(29)15(11(2)3)24-17(27)13(22)8-6-7-9-21/h11-16,26H,5-10,21-22H2,1-4H3,(H,23,29)(H,24,27)(H,25,28)(H,30,31). The summed E-state index contributed by atoms with van der Waals surface area (Å²) < 4.78 is 0. The average Bonchev–Trinajstić information content (AvgIpc) is 2.72. The fourth-order valence-corrected chi connectivity index (χ4v) is 2.83. The number of carboxylic acids is 1. The second-order valence-electron chi connectivity index (χ2n) is 8.08. The van der Waals surface area contributed by atoms with Crippen molar-refractivity contribution in [3.05, 3.63) is 0 Å². The molecule has 0 aliphatic heterocycles. The van der Waals surface area contributed by atoms with Crippen LogP contribution in [0.2, 0.25) is 0 Å². The molecule has 0 saturated carbocycles. The summed E-state index contributed by atoms with van der Waals surface area (Å²) in [6, 6.07) is -4.31. The molecule has 0 rings (SSSR count). The van der Waals surface area contributed by atoms with Crippen LogP contribution >= 0.6 is 0 Å². The Morgan fingerprint density at radius 3 is 1.94 bits per heavy atom. The molecule has 0 radical (unpaired) electrons. The molecule has 0 heterocycles. The fourth-order valence-electron chi connectivity index (χ4n) is 2.83. The lowest BCUT2D eigenvalue weighted by molar-refractivity contribution is -0.144. The summed E-state index contributed by atoms with van der Waals surface area (Å²) in [5.41, 5.74) is 11.3. The van der Waals surface area contributed by atoms with Gasteiger partial charge in [0.1, 0.15) is 18.1 Å². The van der Waals surface area contributed by atoms with Gasteiger partial charge in [-0.25, -0.2) is 4.79 Å². The highest BCUT2D eigenvalue weighted by Crippen LogP contribution is 2.09. The van der Waals surface area contributed by atoms with Gasteiger partial charge in [0.2, 0.25) is 17.7 Å². The predicted octanol–water partition coefficient (Wildman–Crippen LogP) is -1.32. The Bertz CT molecular complexity index is 601. The van der Waals surface area contributed by atoms with Crippen molar-refractivity contribution in [3.8, 4) is 0 Å². The van der Waals surface area contributed by atoms with Crippen LogP contribution in [0.4, 0.5) is 0 Å². The van der Waals surface area contributed by atoms with Gasteiger partial charge in [0.25, 0.3) is 0 Å². The van der Waals surface area contributed by atoms with Crippen LogP contribution in [0.15, 0.2) is 0 Å². The number of carboxylic acid groups (broad SMARTS) is 1. The lowest BCUT2D eigenvalue weighted by Gasteiger charge is -2.27. The van der Waals surface area contributed by atoms with Crippen molar-refractivity contribution in [1.29, 1.82) is 0 Å². The topological polar surface area (TPSA) is 197 Å². The second kappa shape index (κ2) is 14.7. The average molecular weight is 446 g/mol. The van der Waals surface area contributed by atoms with E-state index in [0.717, 1.165) is 6.42 Å². The number of carbonyl (C=O) groups is 4. The molecule has 9 N–H and O–H groups in total. The third-order valence-corrected chi connectivity index (χ3v) is 5.15. The van der Waals surface area contributed by atoms with E-state index in [4.69, 9.17) is 11.5 Å². The van der Waals surface area contributed by atoms with Gasteiger partial charge in [-0.15, -0.1) is 0 Å². The Kier molecular flexibility index (Phi) is 13.6. The lowest BCUT2D eigenvalue weighted by atomic mass is 9.98. The van der Waals surface area contributed by atoms with E-state index < -0.39 is 54.5 Å². The zero-order valence-electron chi connectivity index (χ0n) is 18.9. The molecule has 0 aromatic rings. The van der Waals surface area contributed by atoms with Gasteiger partial charge in [0.05, 0.1) is 12.6 Å². The monoisotopic (exact) mass is 445 g/mol. The fraction of sp³-hybridized carbons (Fsp3) is 0.800. The number of aliphatic carboxylic acids is 1. The minimum atomic E-state index is -1.37. The first-order valence-corrected chi connectivity index (χ1v) is 10.7. The Morgan fingerprint density at radius 1 is 0.903 bits per heavy atom. The van der Waals surface area contributed by atoms with Crippen LogP contribution in [0.1, 0.15) is 53.4 Å². The molecule has 180 valence electrons. The predicted molar refractivity (Wildman–Crippen MR) is 116 cm³/mol. The van der Waals surface area contributed by atoms with Crippen molar-refractivity contribution in [2.45, 2.75) is 77.5 Å². The van der Waals surface area contributed by atoms with Crippen LogP contribution in [0.3, 0.4) is 0 Å². The number of aliphatic hydroxyl groups excluding tert-OH is 1. The van der Waals surface area contributed by atoms with Gasteiger partial charge in [0.15, 0.2) is 0 Å². The molecular weight excluding hydrogens is 406 g/mol. The number of hydrogen-bond donors (Lipinski definition) is 7. The summed E-state index contributed by atoms with van der Waals surface area (Å²) >= 11 is 0. The molecular formula is C20H39N5O6. The summed E-state index contributed by atoms with van der Waals surface area (Å²) in [5.74, 6) is -3.88. The first-order chi connectivity index (χ1) is 14.5. The summed E-state index contributed by atoms with van der Waals surface area (Å²) in [6.45, 7) is 6.64. The SMILES string of the molecule is CCC(C)C(NC(=O)C(CO)NC(=O)C(NC(=O)C(N)CCCCN)C(C)C)C(=O)O. The van der Waals surface area contributed by atoms with E-state index in [0.29, 0.717) is 25.8 Å². The number of nitrogens with two attached hydrogens (primary N) is 2. The van der Waals surface area contributed by atoms with Crippen LogP contribution in [-0.4, -0.2) is 71.2 Å². The first kappa shape index (κ1) is 28.8. The molecule has 11 nitrogen and oxygen atoms in total. The van der Waals surface area contributed by atoms with Crippen molar-refractivity contribution in [1.82, 2.24) is 16.0 Å². The Morgan fingerprint density at radius 2 is 1.48 bits per heavy atom. The molecule has 5 unspecified atom stereocenters. The van der Waals surface area contributed by atoms with Crippen molar-refractivity contribution in [2.75, 3.05) is 13.2 Å². The minimum Gasteiger partial charge on any atom is -0.480 e. The van der Waals surface area contributed by atoms with E-state index in [9.17, 15) is 29.4 Å². The molecule has 0 saturated heterocycles. The molecule has 0 aromatic heterocycles. The normalized spacial score (nSPS) is 16.0. The highest BCUT2D eigenvalue weighted by molar-refractivity contribution is 5.94. The van der Waals surface area contributed by atoms with Crippen LogP contribution in [0, 0.1) is 11.8 Å². The van der Waals surface area contributed by atoms with E-state index in [1.54, 1.807) is 27.7 Å². The number of nitrogens with one attached hydrogen (secondary N) is 3. The van der Waals surface area contributed by atoms with Crippen molar-refractivity contribution < 1.29 is 29.4 Å². The molecule has 0 aromatic carbocycles. The Hall–Kier alpha value is -2.24. The quantitative estimate of drug-likeness (QED) is 0.150. The molecule has 0 spiro atoms. The number of rotatable bonds is 15. The van der Waals surface area contributed by atoms with Gasteiger partial charge in [0, 0.05) is 0 Å². The maximum absolute atomic E-state index is 12.7. The minimum absolute atomic E-state index is 0.325. The zero-order valence-corrected chi connectivity index (χ0v) is 18.9. The summed E-state index contributed by atoms with van der Waals surface area (Å²) in [7, 11) is 0. The first-order valence-electron chi connectivity index (χ1n) is 10.7. The summed E-state index contributed by atoms with van der Waals surface area (Å²) in [4.78, 5) is 48.9. The molecule has 0 aliphatic carbocycles. The van der Waals surface area contributed by atoms with E-state index >= 15 is 0 Å². The number of amides is 3. The maximum Gasteiger partial charge on any atom is 0.326 e. The van der Waals surface area contributed by atoms with Gasteiger partial charge in [-0.1, -0.05) is 40.5 Å². The van der Waals surface area contributed by atoms with Gasteiger partial charge < -0.3 is 37.6 Å². The van der Waals surface area contributed by atoms with E-state index in [1.807, 2.05) is 0 Å². The summed E-state index contributed by atoms with van der Waals surface area (Å²) in [5, 5.41) is 26.2. The van der Waals surface area contributed by atoms with Gasteiger partial charge >= 0.3 is 5.97 Å². The third kappa shape index (κ3) is 10.1. The van der Waals surface area contributed by atoms with Gasteiger partial charge in [-0.05, 0) is 31.2 Å². The molecule has 3 amide bonds. The summed E-state index contributed by atoms with van der Waals surface area (Å²) in [6.07, 6.45) is 2.34. The Balaban J connectivity index is 5.12. The smallest absolute Gasteiger partial charge is 0.326 e. The molecule has 31 heavy (non-hydrogen) atoms. The number of aliphatic hydroxyl groups is 1. The third-order valence-electron chi connectivity index (χ3n) is 5.15. The maximum atomic E-state index is 12.7. The van der Waals surface area contributed by atoms with Gasteiger partial charge in [-0.3, -0.25) is 14.4 Å². The number of carbonyl (C=O) groups excluding carboxylic acids is 3. The van der Waals surface area contributed by atoms with Crippen LogP contribution in [-0.2, 0) is 19.2 Å². The Labute approximate surface area is 183 Å². The van der Waals surface area contributed by atoms with Crippen LogP contribution in [0.25, 0.3) is 0 Å². The van der Waals surface area contributed by atoms with Crippen molar-refractivity contribution in [3.63, 3.8) is 0 Å². The molecule has 0 bridgehead atoms. The zero-order chi connectivity index (χ0) is 24.1. The van der Waals surface area contributed by atoms with Crippen LogP contribution in [0.5, 0.6) is 0 Å². The highest BCUT2D eigenvalue weighted by Gasteiger charge is 2.32. The van der Waals surface area contributed by atoms with E-state index in [1.165, 1.54) is 0 Å². The number of unbranched alkanes of at least 4 members (excludes halogenated alkanes) is 1. The van der Waals surface area contributed by atoms with Crippen molar-refractivity contribution >= 4 is 23.7 Å². The largest absolute Gasteiger partial charge is 0.480 e. The lowest BCUT2D eigenvalue weighted by Crippen LogP contribution is -2.59. The second-order valence-corrected chi connectivity index (χ2v) is 8.08. The van der Waals surface area contributed by atoms with Crippen LogP contribution < -0.4 is 27.4 Å². The molecule has 0 aliphatic rings. The molecule has 5 atom stereocenters. The highest BCUT2D eigenvalue weighted by atomic mass is 16.4. The molecule has 11 heteroatoms. The molecule has 0 fully saturated rings. The van der Waals surface area contributed by atoms with Gasteiger partial charge in [-0.2, -0.15) is 0 Å². The number of hydrogen-bond acceptors (Lipinski definition) is 7. The van der Waals surface area contributed by atoms with E-state index in [2.05, 4.69) is 16.0 Å².